The molecule has 0 saturated heterocycles. The van der Waals surface area contributed by atoms with Crippen LogP contribution in [0.5, 0.6) is 0 Å². The van der Waals surface area contributed by atoms with E-state index < -0.39 is 0 Å². The van der Waals surface area contributed by atoms with Gasteiger partial charge in [0.15, 0.2) is 0 Å². The summed E-state index contributed by atoms with van der Waals surface area (Å²) in [6.45, 7) is 0.440. The number of fused-ring (bicyclic) bond motifs is 1. The highest BCUT2D eigenvalue weighted by molar-refractivity contribution is 7.10. The first-order valence-corrected chi connectivity index (χ1v) is 7.13. The van der Waals surface area contributed by atoms with E-state index in [0.29, 0.717) is 6.61 Å². The summed E-state index contributed by atoms with van der Waals surface area (Å²) in [6, 6.07) is 8.49. The zero-order chi connectivity index (χ0) is 13.1. The van der Waals surface area contributed by atoms with Crippen LogP contribution in [0.3, 0.4) is 0 Å². The molecule has 2 aromatic rings. The quantitative estimate of drug-likeness (QED) is 0.662. The lowest BCUT2D eigenvalue weighted by Crippen LogP contribution is -2.14. The molecule has 0 fully saturated rings. The fourth-order valence-corrected chi connectivity index (χ4v) is 2.95. The van der Waals surface area contributed by atoms with Gasteiger partial charge in [0.1, 0.15) is 10.7 Å². The standard InChI is InChI=1S/C13H16N4OS/c14-15-13-11(16-17-19-13)8-18-12-7-3-5-9-4-1-2-6-10(9)12/h1-2,4,6,12,15H,3,5,7-8,14H2. The molecule has 6 heteroatoms. The Labute approximate surface area is 115 Å². The summed E-state index contributed by atoms with van der Waals surface area (Å²) >= 11 is 1.24. The summed E-state index contributed by atoms with van der Waals surface area (Å²) in [5.74, 6) is 5.41. The Kier molecular flexibility index (Phi) is 3.72. The lowest BCUT2D eigenvalue weighted by Gasteiger charge is -2.25. The van der Waals surface area contributed by atoms with Crippen molar-refractivity contribution in [3.05, 3.63) is 41.1 Å². The van der Waals surface area contributed by atoms with Crippen LogP contribution in [0.15, 0.2) is 24.3 Å². The molecule has 1 atom stereocenters. The molecule has 0 aliphatic heterocycles. The van der Waals surface area contributed by atoms with Gasteiger partial charge in [0.25, 0.3) is 0 Å². The number of nitrogens with zero attached hydrogens (tertiary/aromatic N) is 2. The van der Waals surface area contributed by atoms with Crippen LogP contribution >= 0.6 is 11.5 Å². The van der Waals surface area contributed by atoms with Gasteiger partial charge in [-0.2, -0.15) is 0 Å². The molecule has 0 amide bonds. The van der Waals surface area contributed by atoms with Gasteiger partial charge in [-0.15, -0.1) is 5.10 Å². The van der Waals surface area contributed by atoms with E-state index in [2.05, 4.69) is 39.3 Å². The number of hydrogen-bond donors (Lipinski definition) is 2. The highest BCUT2D eigenvalue weighted by Crippen LogP contribution is 2.33. The minimum absolute atomic E-state index is 0.150. The summed E-state index contributed by atoms with van der Waals surface area (Å²) in [5, 5.41) is 4.80. The topological polar surface area (TPSA) is 73.1 Å². The van der Waals surface area contributed by atoms with Crippen LogP contribution in [0.2, 0.25) is 0 Å². The Morgan fingerprint density at radius 1 is 1.42 bits per heavy atom. The second-order valence-electron chi connectivity index (χ2n) is 4.58. The van der Waals surface area contributed by atoms with Crippen LogP contribution in [0.1, 0.15) is 35.8 Å². The fraction of sp³-hybridized carbons (Fsp3) is 0.385. The third-order valence-electron chi connectivity index (χ3n) is 3.42. The second kappa shape index (κ2) is 5.64. The molecule has 1 heterocycles. The monoisotopic (exact) mass is 276 g/mol. The molecule has 0 radical (unpaired) electrons. The molecular weight excluding hydrogens is 260 g/mol. The fourth-order valence-electron chi connectivity index (χ4n) is 2.47. The lowest BCUT2D eigenvalue weighted by atomic mass is 9.89. The SMILES string of the molecule is NNc1snnc1COC1CCCc2ccccc21. The zero-order valence-corrected chi connectivity index (χ0v) is 11.3. The van der Waals surface area contributed by atoms with Crippen LogP contribution in [0.25, 0.3) is 0 Å². The van der Waals surface area contributed by atoms with Crippen molar-refractivity contribution in [2.75, 3.05) is 5.43 Å². The Bertz CT molecular complexity index is 557. The molecule has 0 bridgehead atoms. The molecule has 19 heavy (non-hydrogen) atoms. The largest absolute Gasteiger partial charge is 0.367 e. The van der Waals surface area contributed by atoms with Crippen molar-refractivity contribution in [2.45, 2.75) is 32.0 Å². The van der Waals surface area contributed by atoms with E-state index in [4.69, 9.17) is 10.6 Å². The molecule has 1 aliphatic rings. The lowest BCUT2D eigenvalue weighted by molar-refractivity contribution is 0.0267. The van der Waals surface area contributed by atoms with Gasteiger partial charge in [-0.25, -0.2) is 5.84 Å². The third kappa shape index (κ3) is 2.60. The Morgan fingerprint density at radius 3 is 3.21 bits per heavy atom. The highest BCUT2D eigenvalue weighted by Gasteiger charge is 2.21. The predicted molar refractivity (Wildman–Crippen MR) is 74.6 cm³/mol. The van der Waals surface area contributed by atoms with Crippen molar-refractivity contribution in [3.8, 4) is 0 Å². The van der Waals surface area contributed by atoms with E-state index in [9.17, 15) is 0 Å². The summed E-state index contributed by atoms with van der Waals surface area (Å²) in [5.41, 5.74) is 6.07. The smallest absolute Gasteiger partial charge is 0.149 e. The van der Waals surface area contributed by atoms with Crippen molar-refractivity contribution >= 4 is 16.5 Å². The molecule has 1 aromatic carbocycles. The number of aryl methyl sites for hydroxylation is 1. The van der Waals surface area contributed by atoms with Crippen molar-refractivity contribution in [1.29, 1.82) is 0 Å². The zero-order valence-electron chi connectivity index (χ0n) is 10.5. The number of nitrogens with one attached hydrogen (secondary N) is 1. The molecule has 100 valence electrons. The second-order valence-corrected chi connectivity index (χ2v) is 5.34. The number of ether oxygens (including phenoxy) is 1. The van der Waals surface area contributed by atoms with E-state index in [1.807, 2.05) is 0 Å². The molecule has 0 spiro atoms. The average molecular weight is 276 g/mol. The van der Waals surface area contributed by atoms with Gasteiger partial charge >= 0.3 is 0 Å². The van der Waals surface area contributed by atoms with Gasteiger partial charge in [0, 0.05) is 11.5 Å². The molecule has 5 nitrogen and oxygen atoms in total. The van der Waals surface area contributed by atoms with E-state index in [1.165, 1.54) is 29.1 Å². The minimum Gasteiger partial charge on any atom is -0.367 e. The third-order valence-corrected chi connectivity index (χ3v) is 4.12. The summed E-state index contributed by atoms with van der Waals surface area (Å²) in [4.78, 5) is 0. The molecule has 1 unspecified atom stereocenters. The Morgan fingerprint density at radius 2 is 2.32 bits per heavy atom. The van der Waals surface area contributed by atoms with Gasteiger partial charge in [-0.05, 0) is 30.4 Å². The average Bonchev–Trinajstić information content (AvgIpc) is 2.92. The maximum absolute atomic E-state index is 6.00. The van der Waals surface area contributed by atoms with Crippen LogP contribution in [-0.4, -0.2) is 9.59 Å². The Balaban J connectivity index is 1.71. The normalized spacial score (nSPS) is 18.1. The van der Waals surface area contributed by atoms with E-state index in [-0.39, 0.29) is 6.10 Å². The van der Waals surface area contributed by atoms with Crippen molar-refractivity contribution in [1.82, 2.24) is 9.59 Å². The van der Waals surface area contributed by atoms with Gasteiger partial charge in [-0.3, -0.25) is 0 Å². The molecule has 0 saturated carbocycles. The van der Waals surface area contributed by atoms with Gasteiger partial charge in [-0.1, -0.05) is 28.8 Å². The van der Waals surface area contributed by atoms with Gasteiger partial charge in [0.05, 0.1) is 12.7 Å². The molecule has 1 aromatic heterocycles. The number of hydrogen-bond acceptors (Lipinski definition) is 6. The summed E-state index contributed by atoms with van der Waals surface area (Å²) in [6.07, 6.45) is 3.51. The van der Waals surface area contributed by atoms with E-state index in [0.717, 1.165) is 23.5 Å². The van der Waals surface area contributed by atoms with Crippen LogP contribution in [0.4, 0.5) is 5.00 Å². The number of hydrazine groups is 1. The number of aromatic nitrogens is 2. The highest BCUT2D eigenvalue weighted by atomic mass is 32.1. The number of rotatable bonds is 4. The van der Waals surface area contributed by atoms with Crippen molar-refractivity contribution in [2.24, 2.45) is 5.84 Å². The molecule has 3 rings (SSSR count). The predicted octanol–water partition coefficient (Wildman–Crippen LogP) is 2.42. The summed E-state index contributed by atoms with van der Waals surface area (Å²) < 4.78 is 9.88. The van der Waals surface area contributed by atoms with E-state index >= 15 is 0 Å². The molecule has 1 aliphatic carbocycles. The van der Waals surface area contributed by atoms with Crippen molar-refractivity contribution in [3.63, 3.8) is 0 Å². The maximum Gasteiger partial charge on any atom is 0.149 e. The van der Waals surface area contributed by atoms with E-state index in [1.54, 1.807) is 0 Å². The number of nitrogen functional groups attached to an aromatic ring is 1. The number of benzene rings is 1. The van der Waals surface area contributed by atoms with Gasteiger partial charge < -0.3 is 10.2 Å². The first-order chi connectivity index (χ1) is 9.38. The summed E-state index contributed by atoms with van der Waals surface area (Å²) in [7, 11) is 0. The maximum atomic E-state index is 6.00. The minimum atomic E-state index is 0.150. The first kappa shape index (κ1) is 12.5. The number of nitrogens with two attached hydrogens (primary N) is 1. The first-order valence-electron chi connectivity index (χ1n) is 6.35. The number of anilines is 1. The van der Waals surface area contributed by atoms with Crippen LogP contribution in [0, 0.1) is 0 Å². The molecule has 3 N–H and O–H groups in total. The van der Waals surface area contributed by atoms with Crippen LogP contribution in [-0.2, 0) is 17.8 Å². The van der Waals surface area contributed by atoms with Crippen molar-refractivity contribution < 1.29 is 4.74 Å². The van der Waals surface area contributed by atoms with Crippen LogP contribution < -0.4 is 11.3 Å². The Hall–Kier alpha value is -1.50. The van der Waals surface area contributed by atoms with Gasteiger partial charge in [0.2, 0.25) is 0 Å². The molecular formula is C13H16N4OS.